The van der Waals surface area contributed by atoms with Gasteiger partial charge in [-0.2, -0.15) is 0 Å². The van der Waals surface area contributed by atoms with Crippen LogP contribution >= 0.6 is 11.8 Å². The molecular weight excluding hydrogens is 527 g/mol. The van der Waals surface area contributed by atoms with Crippen LogP contribution in [0.4, 0.5) is 9.18 Å². The summed E-state index contributed by atoms with van der Waals surface area (Å²) in [7, 11) is 0. The van der Waals surface area contributed by atoms with E-state index in [0.29, 0.717) is 5.56 Å². The van der Waals surface area contributed by atoms with Gasteiger partial charge < -0.3 is 18.9 Å². The van der Waals surface area contributed by atoms with Crippen LogP contribution in [-0.4, -0.2) is 76.7 Å². The molecule has 9 nitrogen and oxygen atoms in total. The zero-order valence-electron chi connectivity index (χ0n) is 22.1. The highest BCUT2D eigenvalue weighted by atomic mass is 32.2. The minimum atomic E-state index is -1.79. The Morgan fingerprint density at radius 3 is 2.15 bits per heavy atom. The number of hydrogen-bond acceptors (Lipinski definition) is 9. The number of nitrogens with zero attached hydrogens (tertiary/aromatic N) is 2. The predicted octanol–water partition coefficient (Wildman–Crippen LogP) is 4.86. The number of fused-ring (bicyclic) bond motifs is 1. The topological polar surface area (TPSA) is 104 Å². The molecular formula is C28H31FN2O7S. The first-order chi connectivity index (χ1) is 18.6. The first kappa shape index (κ1) is 28.6. The minimum absolute atomic E-state index is 0.235. The third kappa shape index (κ3) is 6.96. The number of amides is 1. The molecule has 2 aliphatic rings. The first-order valence-electron chi connectivity index (χ1n) is 12.6. The predicted molar refractivity (Wildman–Crippen MR) is 143 cm³/mol. The number of carbonyl (C=O) groups is 3. The van der Waals surface area contributed by atoms with Crippen LogP contribution < -0.4 is 0 Å². The van der Waals surface area contributed by atoms with Crippen molar-refractivity contribution in [2.45, 2.75) is 63.2 Å². The average molecular weight is 559 g/mol. The van der Waals surface area contributed by atoms with Gasteiger partial charge in [0.2, 0.25) is 0 Å². The van der Waals surface area contributed by atoms with Gasteiger partial charge in [0.15, 0.2) is 17.4 Å². The van der Waals surface area contributed by atoms with Crippen LogP contribution in [0.5, 0.6) is 0 Å². The molecule has 2 heterocycles. The number of esters is 2. The quantitative estimate of drug-likeness (QED) is 0.366. The van der Waals surface area contributed by atoms with Crippen LogP contribution in [0.25, 0.3) is 0 Å². The standard InChI is InChI=1S/C28H31FN2O7S/c1-5-31(27(34)38-28(2,3)4)26-30-21-20(29)22(37-24(33)18-14-10-7-11-15-18)19(36-25(21)39-26)16-35-23(32)17-12-8-6-9-13-17/h6-15,19-22,25H,5,16H2,1-4H3/t19-,20-,21-,22-,25-/m1/s1. The molecule has 0 spiro atoms. The summed E-state index contributed by atoms with van der Waals surface area (Å²) in [6.07, 6.45) is -4.94. The lowest BCUT2D eigenvalue weighted by molar-refractivity contribution is -0.149. The zero-order valence-corrected chi connectivity index (χ0v) is 22.9. The maximum Gasteiger partial charge on any atom is 0.416 e. The van der Waals surface area contributed by atoms with Crippen molar-refractivity contribution in [2.75, 3.05) is 13.2 Å². The molecule has 1 saturated heterocycles. The Morgan fingerprint density at radius 1 is 1.00 bits per heavy atom. The lowest BCUT2D eigenvalue weighted by atomic mass is 9.99. The molecule has 0 radical (unpaired) electrons. The average Bonchev–Trinajstić information content (AvgIpc) is 3.33. The van der Waals surface area contributed by atoms with Crippen molar-refractivity contribution in [1.29, 1.82) is 0 Å². The third-order valence-corrected chi connectivity index (χ3v) is 7.04. The number of alkyl halides is 1. The summed E-state index contributed by atoms with van der Waals surface area (Å²) in [5.41, 5.74) is -1.01. The van der Waals surface area contributed by atoms with E-state index in [0.717, 1.165) is 11.8 Å². The van der Waals surface area contributed by atoms with Crippen LogP contribution in [0.3, 0.4) is 0 Å². The molecule has 208 valence electrons. The van der Waals surface area contributed by atoms with Gasteiger partial charge >= 0.3 is 18.0 Å². The number of aliphatic imine (C=N–C) groups is 1. The Labute approximate surface area is 230 Å². The second-order valence-electron chi connectivity index (χ2n) is 9.93. The van der Waals surface area contributed by atoms with E-state index in [1.54, 1.807) is 88.4 Å². The van der Waals surface area contributed by atoms with E-state index in [4.69, 9.17) is 18.9 Å². The summed E-state index contributed by atoms with van der Waals surface area (Å²) in [6.45, 7) is 6.87. The second-order valence-corrected chi connectivity index (χ2v) is 11.0. The van der Waals surface area contributed by atoms with Gasteiger partial charge in [0, 0.05) is 6.54 Å². The van der Waals surface area contributed by atoms with E-state index in [1.807, 2.05) is 0 Å². The van der Waals surface area contributed by atoms with Crippen LogP contribution in [0, 0.1) is 0 Å². The largest absolute Gasteiger partial charge is 0.459 e. The van der Waals surface area contributed by atoms with Crippen LogP contribution in [-0.2, 0) is 18.9 Å². The molecule has 4 rings (SSSR count). The van der Waals surface area contributed by atoms with Gasteiger partial charge in [0.25, 0.3) is 0 Å². The molecule has 2 aromatic carbocycles. The van der Waals surface area contributed by atoms with E-state index in [9.17, 15) is 14.4 Å². The van der Waals surface area contributed by atoms with Crippen molar-refractivity contribution >= 4 is 35.0 Å². The fourth-order valence-electron chi connectivity index (χ4n) is 4.02. The molecule has 11 heteroatoms. The van der Waals surface area contributed by atoms with Crippen molar-refractivity contribution in [3.8, 4) is 0 Å². The number of ether oxygens (including phenoxy) is 4. The van der Waals surface area contributed by atoms with Gasteiger partial charge in [-0.05, 0) is 52.0 Å². The maximum atomic E-state index is 16.0. The number of thioether (sulfide) groups is 1. The number of amidine groups is 1. The summed E-state index contributed by atoms with van der Waals surface area (Å²) in [5.74, 6) is -1.37. The minimum Gasteiger partial charge on any atom is -0.459 e. The molecule has 2 aromatic rings. The Kier molecular flexibility index (Phi) is 8.91. The summed E-state index contributed by atoms with van der Waals surface area (Å²) >= 11 is 1.07. The molecule has 0 aromatic heterocycles. The van der Waals surface area contributed by atoms with Crippen molar-refractivity contribution in [3.05, 3.63) is 71.8 Å². The Hall–Kier alpha value is -3.44. The number of halogens is 1. The molecule has 0 unspecified atom stereocenters. The highest BCUT2D eigenvalue weighted by molar-refractivity contribution is 8.14. The Balaban J connectivity index is 1.54. The fraction of sp³-hybridized carbons (Fsp3) is 0.429. The van der Waals surface area contributed by atoms with E-state index >= 15 is 4.39 Å². The molecule has 5 atom stereocenters. The third-order valence-electron chi connectivity index (χ3n) is 5.88. The highest BCUT2D eigenvalue weighted by Gasteiger charge is 2.53. The van der Waals surface area contributed by atoms with E-state index < -0.39 is 53.5 Å². The van der Waals surface area contributed by atoms with E-state index in [2.05, 4.69) is 4.99 Å². The Bertz CT molecular complexity index is 1210. The van der Waals surface area contributed by atoms with Gasteiger partial charge in [0.1, 0.15) is 29.8 Å². The van der Waals surface area contributed by atoms with Crippen LogP contribution in [0.2, 0.25) is 0 Å². The highest BCUT2D eigenvalue weighted by Crippen LogP contribution is 2.40. The molecule has 0 saturated carbocycles. The summed E-state index contributed by atoms with van der Waals surface area (Å²) < 4.78 is 38.6. The normalized spacial score (nSPS) is 24.2. The summed E-state index contributed by atoms with van der Waals surface area (Å²) in [5, 5.41) is 0.236. The maximum absolute atomic E-state index is 16.0. The van der Waals surface area contributed by atoms with Gasteiger partial charge in [-0.3, -0.25) is 9.89 Å². The van der Waals surface area contributed by atoms with Crippen LogP contribution in [0.1, 0.15) is 48.4 Å². The molecule has 39 heavy (non-hydrogen) atoms. The number of carbonyl (C=O) groups excluding carboxylic acids is 3. The number of hydrogen-bond donors (Lipinski definition) is 0. The molecule has 2 aliphatic heterocycles. The smallest absolute Gasteiger partial charge is 0.416 e. The lowest BCUT2D eigenvalue weighted by Crippen LogP contribution is -2.56. The van der Waals surface area contributed by atoms with Crippen molar-refractivity contribution in [3.63, 3.8) is 0 Å². The summed E-state index contributed by atoms with van der Waals surface area (Å²) in [6, 6.07) is 15.4. The van der Waals surface area contributed by atoms with Gasteiger partial charge in [-0.25, -0.2) is 18.8 Å². The zero-order chi connectivity index (χ0) is 28.2. The lowest BCUT2D eigenvalue weighted by Gasteiger charge is -2.38. The molecule has 0 N–H and O–H groups in total. The van der Waals surface area contributed by atoms with Gasteiger partial charge in [0.05, 0.1) is 11.1 Å². The van der Waals surface area contributed by atoms with E-state index in [1.165, 1.54) is 4.90 Å². The number of rotatable bonds is 6. The van der Waals surface area contributed by atoms with E-state index in [-0.39, 0.29) is 23.9 Å². The van der Waals surface area contributed by atoms with Gasteiger partial charge in [-0.15, -0.1) is 0 Å². The molecule has 0 bridgehead atoms. The Morgan fingerprint density at radius 2 is 1.59 bits per heavy atom. The molecule has 1 fully saturated rings. The van der Waals surface area contributed by atoms with Gasteiger partial charge in [-0.1, -0.05) is 48.2 Å². The first-order valence-corrected chi connectivity index (χ1v) is 13.5. The fourth-order valence-corrected chi connectivity index (χ4v) is 5.29. The van der Waals surface area contributed by atoms with Crippen molar-refractivity contribution in [2.24, 2.45) is 4.99 Å². The van der Waals surface area contributed by atoms with Crippen molar-refractivity contribution in [1.82, 2.24) is 4.90 Å². The monoisotopic (exact) mass is 558 g/mol. The number of benzene rings is 2. The SMILES string of the molecule is CCN(C(=O)OC(C)(C)C)C1=N[C@@H]2[C@@H](F)[C@H](OC(=O)c3ccccc3)[C@@H](COC(=O)c3ccccc3)O[C@@H]2S1. The molecule has 1 amide bonds. The van der Waals surface area contributed by atoms with Crippen molar-refractivity contribution < 1.29 is 37.7 Å². The molecule has 0 aliphatic carbocycles. The summed E-state index contributed by atoms with van der Waals surface area (Å²) in [4.78, 5) is 43.9. The second kappa shape index (κ2) is 12.2. The van der Waals surface area contributed by atoms with Crippen LogP contribution in [0.15, 0.2) is 65.7 Å².